The van der Waals surface area contributed by atoms with E-state index in [1.54, 1.807) is 24.4 Å². The molecule has 0 bridgehead atoms. The van der Waals surface area contributed by atoms with Crippen molar-refractivity contribution in [3.8, 4) is 0 Å². The molecule has 3 N–H and O–H groups in total. The lowest BCUT2D eigenvalue weighted by atomic mass is 10.3. The number of carbonyl (C=O) groups excluding carboxylic acids is 1. The van der Waals surface area contributed by atoms with Gasteiger partial charge in [-0.15, -0.1) is 10.2 Å². The van der Waals surface area contributed by atoms with Crippen LogP contribution in [0.2, 0.25) is 0 Å². The van der Waals surface area contributed by atoms with Crippen LogP contribution < -0.4 is 16.0 Å². The van der Waals surface area contributed by atoms with Gasteiger partial charge >= 0.3 is 0 Å². The molecule has 3 heterocycles. The lowest BCUT2D eigenvalue weighted by molar-refractivity contribution is 0.0954. The van der Waals surface area contributed by atoms with E-state index in [0.29, 0.717) is 36.1 Å². The van der Waals surface area contributed by atoms with Crippen LogP contribution in [-0.4, -0.2) is 34.2 Å². The van der Waals surface area contributed by atoms with Gasteiger partial charge in [0.1, 0.15) is 17.9 Å². The zero-order chi connectivity index (χ0) is 16.6. The van der Waals surface area contributed by atoms with Crippen LogP contribution in [0.4, 0.5) is 17.5 Å². The second-order valence-corrected chi connectivity index (χ2v) is 4.84. The van der Waals surface area contributed by atoms with Crippen LogP contribution in [0.3, 0.4) is 0 Å². The minimum atomic E-state index is -0.174. The normalized spacial score (nSPS) is 10.2. The summed E-state index contributed by atoms with van der Waals surface area (Å²) < 4.78 is 4.86. The first kappa shape index (κ1) is 15.5. The van der Waals surface area contributed by atoms with E-state index >= 15 is 0 Å². The Balaban J connectivity index is 1.42. The largest absolute Gasteiger partial charge is 0.472 e. The maximum Gasteiger partial charge on any atom is 0.254 e. The minimum absolute atomic E-state index is 0.174. The molecule has 0 atom stereocenters. The summed E-state index contributed by atoms with van der Waals surface area (Å²) in [4.78, 5) is 15.8. The summed E-state index contributed by atoms with van der Waals surface area (Å²) in [5.74, 6) is 1.76. The Morgan fingerprint density at radius 3 is 2.58 bits per heavy atom. The van der Waals surface area contributed by atoms with E-state index in [0.717, 1.165) is 0 Å². The van der Waals surface area contributed by atoms with Crippen LogP contribution in [0.15, 0.2) is 59.5 Å². The number of aromatic nitrogens is 3. The Hall–Kier alpha value is -3.42. The number of carbonyl (C=O) groups is 1. The van der Waals surface area contributed by atoms with E-state index < -0.39 is 0 Å². The third kappa shape index (κ3) is 4.29. The van der Waals surface area contributed by atoms with Crippen molar-refractivity contribution in [3.63, 3.8) is 0 Å². The molecule has 1 amide bonds. The van der Waals surface area contributed by atoms with Gasteiger partial charge in [0.15, 0.2) is 5.82 Å². The molecule has 8 heteroatoms. The molecule has 8 nitrogen and oxygen atoms in total. The van der Waals surface area contributed by atoms with Crippen LogP contribution in [0.5, 0.6) is 0 Å². The summed E-state index contributed by atoms with van der Waals surface area (Å²) in [5, 5.41) is 17.0. The summed E-state index contributed by atoms with van der Waals surface area (Å²) in [6.07, 6.45) is 4.56. The monoisotopic (exact) mass is 324 g/mol. The van der Waals surface area contributed by atoms with Gasteiger partial charge in [0.25, 0.3) is 5.91 Å². The molecule has 3 aromatic rings. The molecule has 0 saturated heterocycles. The fourth-order valence-corrected chi connectivity index (χ4v) is 1.92. The molecule has 0 aliphatic rings. The van der Waals surface area contributed by atoms with Crippen LogP contribution in [0.25, 0.3) is 0 Å². The van der Waals surface area contributed by atoms with E-state index in [2.05, 4.69) is 31.1 Å². The van der Waals surface area contributed by atoms with Gasteiger partial charge in [0.05, 0.1) is 11.8 Å². The lowest BCUT2D eigenvalue weighted by Crippen LogP contribution is -2.28. The Bertz CT molecular complexity index is 759. The molecule has 0 saturated carbocycles. The fraction of sp³-hybridized carbons (Fsp3) is 0.125. The van der Waals surface area contributed by atoms with Crippen molar-refractivity contribution < 1.29 is 9.21 Å². The molecule has 0 fully saturated rings. The van der Waals surface area contributed by atoms with Crippen LogP contribution in [0.1, 0.15) is 10.4 Å². The predicted molar refractivity (Wildman–Crippen MR) is 89.1 cm³/mol. The van der Waals surface area contributed by atoms with Crippen LogP contribution in [0, 0.1) is 0 Å². The molecule has 0 aromatic carbocycles. The topological polar surface area (TPSA) is 105 Å². The zero-order valence-electron chi connectivity index (χ0n) is 12.8. The molecule has 122 valence electrons. The number of anilines is 3. The highest BCUT2D eigenvalue weighted by atomic mass is 16.3. The van der Waals surface area contributed by atoms with Gasteiger partial charge in [-0.1, -0.05) is 6.07 Å². The standard InChI is InChI=1S/C16H16N6O2/c23-16(12-6-10-24-11-12)19-9-8-18-14-4-5-15(22-21-14)20-13-3-1-2-7-17-13/h1-7,10-11H,8-9H2,(H,18,21)(H,19,23)(H,17,20,22). The Labute approximate surface area is 138 Å². The van der Waals surface area contributed by atoms with Crippen molar-refractivity contribution in [1.29, 1.82) is 0 Å². The Morgan fingerprint density at radius 2 is 1.88 bits per heavy atom. The van der Waals surface area contributed by atoms with Gasteiger partial charge in [-0.2, -0.15) is 0 Å². The average molecular weight is 324 g/mol. The number of pyridine rings is 1. The minimum Gasteiger partial charge on any atom is -0.472 e. The van der Waals surface area contributed by atoms with Crippen molar-refractivity contribution in [1.82, 2.24) is 20.5 Å². The average Bonchev–Trinajstić information content (AvgIpc) is 3.16. The van der Waals surface area contributed by atoms with Crippen molar-refractivity contribution in [2.75, 3.05) is 23.7 Å². The predicted octanol–water partition coefficient (Wildman–Crippen LogP) is 2.05. The van der Waals surface area contributed by atoms with Crippen molar-refractivity contribution >= 4 is 23.4 Å². The molecule has 24 heavy (non-hydrogen) atoms. The number of nitrogens with one attached hydrogen (secondary N) is 3. The zero-order valence-corrected chi connectivity index (χ0v) is 12.8. The Kier molecular flexibility index (Phi) is 4.98. The van der Waals surface area contributed by atoms with E-state index in [1.807, 2.05) is 18.2 Å². The van der Waals surface area contributed by atoms with Gasteiger partial charge in [0, 0.05) is 19.3 Å². The highest BCUT2D eigenvalue weighted by Crippen LogP contribution is 2.11. The summed E-state index contributed by atoms with van der Waals surface area (Å²) in [6, 6.07) is 10.8. The van der Waals surface area contributed by atoms with Gasteiger partial charge in [-0.25, -0.2) is 4.98 Å². The lowest BCUT2D eigenvalue weighted by Gasteiger charge is -2.07. The molecule has 0 radical (unpaired) electrons. The molecule has 3 aromatic heterocycles. The number of furan rings is 1. The molecular formula is C16H16N6O2. The molecular weight excluding hydrogens is 308 g/mol. The molecule has 0 spiro atoms. The first-order valence-corrected chi connectivity index (χ1v) is 7.37. The smallest absolute Gasteiger partial charge is 0.254 e. The third-order valence-electron chi connectivity index (χ3n) is 3.09. The quantitative estimate of drug-likeness (QED) is 0.571. The number of rotatable bonds is 7. The maximum atomic E-state index is 11.7. The summed E-state index contributed by atoms with van der Waals surface area (Å²) in [7, 11) is 0. The van der Waals surface area contributed by atoms with E-state index in [-0.39, 0.29) is 5.91 Å². The number of hydrogen-bond acceptors (Lipinski definition) is 7. The van der Waals surface area contributed by atoms with Crippen molar-refractivity contribution in [2.24, 2.45) is 0 Å². The number of nitrogens with zero attached hydrogens (tertiary/aromatic N) is 3. The van der Waals surface area contributed by atoms with E-state index in [1.165, 1.54) is 12.5 Å². The third-order valence-corrected chi connectivity index (χ3v) is 3.09. The number of hydrogen-bond donors (Lipinski definition) is 3. The summed E-state index contributed by atoms with van der Waals surface area (Å²) in [6.45, 7) is 0.991. The van der Waals surface area contributed by atoms with Crippen molar-refractivity contribution in [2.45, 2.75) is 0 Å². The second-order valence-electron chi connectivity index (χ2n) is 4.84. The fourth-order valence-electron chi connectivity index (χ4n) is 1.92. The SMILES string of the molecule is O=C(NCCNc1ccc(Nc2ccccn2)nn1)c1ccoc1. The van der Waals surface area contributed by atoms with E-state index in [4.69, 9.17) is 4.42 Å². The highest BCUT2D eigenvalue weighted by Gasteiger charge is 2.05. The van der Waals surface area contributed by atoms with E-state index in [9.17, 15) is 4.79 Å². The summed E-state index contributed by atoms with van der Waals surface area (Å²) >= 11 is 0. The van der Waals surface area contributed by atoms with Gasteiger partial charge in [-0.3, -0.25) is 4.79 Å². The molecule has 3 rings (SSSR count). The first-order chi connectivity index (χ1) is 11.8. The summed E-state index contributed by atoms with van der Waals surface area (Å²) in [5.41, 5.74) is 0.500. The second kappa shape index (κ2) is 7.73. The van der Waals surface area contributed by atoms with Gasteiger partial charge in [0.2, 0.25) is 0 Å². The van der Waals surface area contributed by atoms with Crippen LogP contribution in [-0.2, 0) is 0 Å². The maximum absolute atomic E-state index is 11.7. The molecule has 0 aliphatic carbocycles. The molecule has 0 aliphatic heterocycles. The van der Waals surface area contributed by atoms with Gasteiger partial charge in [-0.05, 0) is 30.3 Å². The number of amides is 1. The molecule has 0 unspecified atom stereocenters. The Morgan fingerprint density at radius 1 is 1.00 bits per heavy atom. The highest BCUT2D eigenvalue weighted by molar-refractivity contribution is 5.93. The van der Waals surface area contributed by atoms with Gasteiger partial charge < -0.3 is 20.4 Å². The van der Waals surface area contributed by atoms with Crippen molar-refractivity contribution in [3.05, 3.63) is 60.7 Å². The first-order valence-electron chi connectivity index (χ1n) is 7.37. The van der Waals surface area contributed by atoms with Crippen LogP contribution >= 0.6 is 0 Å².